The molecule has 6 heteroatoms. The fourth-order valence-corrected chi connectivity index (χ4v) is 3.72. The fourth-order valence-electron chi connectivity index (χ4n) is 3.72. The summed E-state index contributed by atoms with van der Waals surface area (Å²) >= 11 is 0. The number of benzene rings is 1. The van der Waals surface area contributed by atoms with Crippen LogP contribution in [0.4, 0.5) is 0 Å². The number of aromatic nitrogens is 1. The lowest BCUT2D eigenvalue weighted by atomic mass is 10.0. The lowest BCUT2D eigenvalue weighted by Gasteiger charge is -2.26. The number of rotatable bonds is 6. The van der Waals surface area contributed by atoms with E-state index >= 15 is 0 Å². The number of carbonyl (C=O) groups excluding carboxylic acids is 1. The van der Waals surface area contributed by atoms with Gasteiger partial charge in [-0.1, -0.05) is 5.16 Å². The van der Waals surface area contributed by atoms with Gasteiger partial charge < -0.3 is 18.9 Å². The highest BCUT2D eigenvalue weighted by molar-refractivity contribution is 5.77. The van der Waals surface area contributed by atoms with Crippen LogP contribution in [0.1, 0.15) is 47.9 Å². The molecule has 140 valence electrons. The molecule has 1 aromatic heterocycles. The van der Waals surface area contributed by atoms with Crippen LogP contribution >= 0.6 is 0 Å². The minimum Gasteiger partial charge on any atom is -0.497 e. The first-order valence-corrected chi connectivity index (χ1v) is 8.98. The Morgan fingerprint density at radius 1 is 1.31 bits per heavy atom. The number of hydrogen-bond acceptors (Lipinski definition) is 5. The third kappa shape index (κ3) is 3.54. The number of hydrogen-bond donors (Lipinski definition) is 0. The summed E-state index contributed by atoms with van der Waals surface area (Å²) in [5.41, 5.74) is 2.94. The SMILES string of the molecule is COc1ccc(C2CCCN2C(=O)CCc2c(C)noc2C)c(OC)c1. The molecule has 1 aliphatic rings. The van der Waals surface area contributed by atoms with Crippen LogP contribution in [0.15, 0.2) is 22.7 Å². The molecule has 1 aliphatic heterocycles. The van der Waals surface area contributed by atoms with E-state index < -0.39 is 0 Å². The molecule has 0 aliphatic carbocycles. The molecule has 0 bridgehead atoms. The second-order valence-corrected chi connectivity index (χ2v) is 6.66. The van der Waals surface area contributed by atoms with E-state index in [9.17, 15) is 4.79 Å². The molecule has 0 N–H and O–H groups in total. The first-order valence-electron chi connectivity index (χ1n) is 8.98. The van der Waals surface area contributed by atoms with Gasteiger partial charge in [-0.3, -0.25) is 4.79 Å². The van der Waals surface area contributed by atoms with E-state index in [0.717, 1.165) is 53.5 Å². The van der Waals surface area contributed by atoms with Crippen LogP contribution in [0, 0.1) is 13.8 Å². The molecule has 0 saturated carbocycles. The summed E-state index contributed by atoms with van der Waals surface area (Å²) in [7, 11) is 3.28. The van der Waals surface area contributed by atoms with Crippen molar-refractivity contribution in [2.75, 3.05) is 20.8 Å². The van der Waals surface area contributed by atoms with E-state index in [-0.39, 0.29) is 11.9 Å². The Labute approximate surface area is 154 Å². The van der Waals surface area contributed by atoms with Gasteiger partial charge in [0.15, 0.2) is 0 Å². The van der Waals surface area contributed by atoms with Gasteiger partial charge in [-0.05, 0) is 45.2 Å². The Balaban J connectivity index is 1.74. The van der Waals surface area contributed by atoms with E-state index in [4.69, 9.17) is 14.0 Å². The third-order valence-corrected chi connectivity index (χ3v) is 5.14. The van der Waals surface area contributed by atoms with Crippen LogP contribution < -0.4 is 9.47 Å². The molecular weight excluding hydrogens is 332 g/mol. The van der Waals surface area contributed by atoms with E-state index in [0.29, 0.717) is 12.8 Å². The molecule has 1 aromatic carbocycles. The predicted octanol–water partition coefficient (Wildman–Crippen LogP) is 3.60. The zero-order chi connectivity index (χ0) is 18.7. The number of aryl methyl sites for hydroxylation is 2. The van der Waals surface area contributed by atoms with Gasteiger partial charge in [-0.15, -0.1) is 0 Å². The van der Waals surface area contributed by atoms with Gasteiger partial charge in [-0.2, -0.15) is 0 Å². The minimum absolute atomic E-state index is 0.0491. The molecule has 1 atom stereocenters. The van der Waals surface area contributed by atoms with Crippen molar-refractivity contribution in [3.63, 3.8) is 0 Å². The molecular formula is C20H26N2O4. The highest BCUT2D eigenvalue weighted by Crippen LogP contribution is 2.39. The van der Waals surface area contributed by atoms with Gasteiger partial charge in [-0.25, -0.2) is 0 Å². The van der Waals surface area contributed by atoms with Crippen molar-refractivity contribution in [3.05, 3.63) is 40.8 Å². The smallest absolute Gasteiger partial charge is 0.223 e. The molecule has 1 unspecified atom stereocenters. The quantitative estimate of drug-likeness (QED) is 0.789. The number of methoxy groups -OCH3 is 2. The standard InChI is InChI=1S/C20H26N2O4/c1-13-16(14(2)26-21-13)9-10-20(23)22-11-5-6-18(22)17-8-7-15(24-3)12-19(17)25-4/h7-8,12,18H,5-6,9-11H2,1-4H3. The number of likely N-dealkylation sites (tertiary alicyclic amines) is 1. The van der Waals surface area contributed by atoms with Crippen molar-refractivity contribution in [2.24, 2.45) is 0 Å². The maximum Gasteiger partial charge on any atom is 0.223 e. The molecule has 6 nitrogen and oxygen atoms in total. The minimum atomic E-state index is 0.0491. The lowest BCUT2D eigenvalue weighted by molar-refractivity contribution is -0.132. The maximum atomic E-state index is 12.9. The van der Waals surface area contributed by atoms with Crippen molar-refractivity contribution in [1.82, 2.24) is 10.1 Å². The summed E-state index contributed by atoms with van der Waals surface area (Å²) in [6, 6.07) is 5.85. The molecule has 26 heavy (non-hydrogen) atoms. The Kier molecular flexibility index (Phi) is 5.49. The van der Waals surface area contributed by atoms with Crippen molar-refractivity contribution in [1.29, 1.82) is 0 Å². The van der Waals surface area contributed by atoms with Crippen LogP contribution in [0.3, 0.4) is 0 Å². The van der Waals surface area contributed by atoms with Gasteiger partial charge in [0.05, 0.1) is 26.0 Å². The Morgan fingerprint density at radius 2 is 2.12 bits per heavy atom. The summed E-state index contributed by atoms with van der Waals surface area (Å²) in [6.45, 7) is 4.58. The first kappa shape index (κ1) is 18.3. The molecule has 1 amide bonds. The van der Waals surface area contributed by atoms with E-state index in [1.54, 1.807) is 14.2 Å². The van der Waals surface area contributed by atoms with Gasteiger partial charge in [0, 0.05) is 30.2 Å². The average molecular weight is 358 g/mol. The summed E-state index contributed by atoms with van der Waals surface area (Å²) in [5, 5.41) is 3.96. The third-order valence-electron chi connectivity index (χ3n) is 5.14. The topological polar surface area (TPSA) is 64.8 Å². The van der Waals surface area contributed by atoms with Crippen molar-refractivity contribution in [3.8, 4) is 11.5 Å². The summed E-state index contributed by atoms with van der Waals surface area (Å²) in [6.07, 6.45) is 3.05. The molecule has 1 saturated heterocycles. The molecule has 1 fully saturated rings. The number of amides is 1. The number of nitrogens with zero attached hydrogens (tertiary/aromatic N) is 2. The second-order valence-electron chi connectivity index (χ2n) is 6.66. The number of carbonyl (C=O) groups is 1. The molecule has 2 heterocycles. The largest absolute Gasteiger partial charge is 0.497 e. The zero-order valence-corrected chi connectivity index (χ0v) is 15.9. The number of ether oxygens (including phenoxy) is 2. The van der Waals surface area contributed by atoms with Crippen molar-refractivity contribution >= 4 is 5.91 Å². The zero-order valence-electron chi connectivity index (χ0n) is 15.9. The van der Waals surface area contributed by atoms with E-state index in [1.165, 1.54) is 0 Å². The predicted molar refractivity (Wildman–Crippen MR) is 97.5 cm³/mol. The van der Waals surface area contributed by atoms with Gasteiger partial charge in [0.2, 0.25) is 5.91 Å². The summed E-state index contributed by atoms with van der Waals surface area (Å²) in [4.78, 5) is 14.9. The highest BCUT2D eigenvalue weighted by atomic mass is 16.5. The van der Waals surface area contributed by atoms with E-state index in [2.05, 4.69) is 5.16 Å². The van der Waals surface area contributed by atoms with Crippen LogP contribution in [0.25, 0.3) is 0 Å². The van der Waals surface area contributed by atoms with Crippen molar-refractivity contribution < 1.29 is 18.8 Å². The second kappa shape index (κ2) is 7.81. The van der Waals surface area contributed by atoms with Gasteiger partial charge in [0.1, 0.15) is 17.3 Å². The summed E-state index contributed by atoms with van der Waals surface area (Å²) < 4.78 is 16.0. The molecule has 3 rings (SSSR count). The molecule has 2 aromatic rings. The van der Waals surface area contributed by atoms with Gasteiger partial charge in [0.25, 0.3) is 0 Å². The van der Waals surface area contributed by atoms with Gasteiger partial charge >= 0.3 is 0 Å². The average Bonchev–Trinajstić information content (AvgIpc) is 3.26. The summed E-state index contributed by atoms with van der Waals surface area (Å²) in [5.74, 6) is 2.47. The normalized spacial score (nSPS) is 16.8. The fraction of sp³-hybridized carbons (Fsp3) is 0.500. The first-order chi connectivity index (χ1) is 12.5. The molecule has 0 radical (unpaired) electrons. The van der Waals surface area contributed by atoms with Crippen LogP contribution in [-0.4, -0.2) is 36.7 Å². The van der Waals surface area contributed by atoms with Crippen LogP contribution in [0.5, 0.6) is 11.5 Å². The Bertz CT molecular complexity index is 765. The van der Waals surface area contributed by atoms with E-state index in [1.807, 2.05) is 36.9 Å². The van der Waals surface area contributed by atoms with Crippen LogP contribution in [-0.2, 0) is 11.2 Å². The monoisotopic (exact) mass is 358 g/mol. The highest BCUT2D eigenvalue weighted by Gasteiger charge is 2.32. The van der Waals surface area contributed by atoms with Crippen molar-refractivity contribution in [2.45, 2.75) is 45.6 Å². The Morgan fingerprint density at radius 3 is 2.77 bits per heavy atom. The maximum absolute atomic E-state index is 12.9. The van der Waals surface area contributed by atoms with Crippen LogP contribution in [0.2, 0.25) is 0 Å². The molecule has 0 spiro atoms. The lowest BCUT2D eigenvalue weighted by Crippen LogP contribution is -2.31. The Hall–Kier alpha value is -2.50.